The Hall–Kier alpha value is -1.79. The fourth-order valence-electron chi connectivity index (χ4n) is 2.32. The maximum Gasteiger partial charge on any atom is 0.191 e. The van der Waals surface area contributed by atoms with Crippen LogP contribution in [0.15, 0.2) is 35.8 Å². The third-order valence-electron chi connectivity index (χ3n) is 3.70. The summed E-state index contributed by atoms with van der Waals surface area (Å²) in [7, 11) is 0. The molecule has 2 aromatic rings. The smallest absolute Gasteiger partial charge is 0.191 e. The highest BCUT2D eigenvalue weighted by Crippen LogP contribution is 2.25. The van der Waals surface area contributed by atoms with Crippen LogP contribution in [0.4, 0.5) is 0 Å². The first-order valence-corrected chi connectivity index (χ1v) is 9.18. The van der Waals surface area contributed by atoms with Gasteiger partial charge < -0.3 is 15.2 Å². The molecule has 0 aliphatic carbocycles. The molecule has 0 bridgehead atoms. The Morgan fingerprint density at radius 1 is 1.20 bits per heavy atom. The van der Waals surface area contributed by atoms with Gasteiger partial charge in [0.25, 0.3) is 0 Å². The van der Waals surface area contributed by atoms with E-state index in [1.807, 2.05) is 29.7 Å². The van der Waals surface area contributed by atoms with Gasteiger partial charge in [-0.05, 0) is 44.4 Å². The fourth-order valence-corrected chi connectivity index (χ4v) is 2.63. The Kier molecular flexibility index (Phi) is 8.01. The van der Waals surface area contributed by atoms with Crippen molar-refractivity contribution in [2.24, 2.45) is 4.99 Å². The minimum atomic E-state index is 0.0737. The van der Waals surface area contributed by atoms with E-state index in [0.29, 0.717) is 10.0 Å². The van der Waals surface area contributed by atoms with Crippen LogP contribution in [0.3, 0.4) is 0 Å². The van der Waals surface area contributed by atoms with Crippen LogP contribution >= 0.6 is 23.2 Å². The summed E-state index contributed by atoms with van der Waals surface area (Å²) in [5.74, 6) is 0.797. The first-order valence-electron chi connectivity index (χ1n) is 8.42. The lowest BCUT2D eigenvalue weighted by Gasteiger charge is -2.18. The van der Waals surface area contributed by atoms with Crippen molar-refractivity contribution >= 4 is 29.2 Å². The molecule has 0 fully saturated rings. The highest BCUT2D eigenvalue weighted by Gasteiger charge is 2.09. The van der Waals surface area contributed by atoms with Gasteiger partial charge in [0.05, 0.1) is 16.1 Å². The number of hydrogen-bond donors (Lipinski definition) is 2. The molecule has 0 spiro atoms. The number of aliphatic imine (C=N–C) groups is 1. The van der Waals surface area contributed by atoms with Gasteiger partial charge in [0.2, 0.25) is 0 Å². The molecule has 2 N–H and O–H groups in total. The number of aryl methyl sites for hydroxylation is 1. The van der Waals surface area contributed by atoms with Gasteiger partial charge in [0, 0.05) is 19.6 Å². The Bertz CT molecular complexity index is 672. The third-order valence-corrected chi connectivity index (χ3v) is 4.44. The Labute approximate surface area is 158 Å². The molecule has 0 saturated heterocycles. The molecular weight excluding hydrogens is 359 g/mol. The lowest BCUT2D eigenvalue weighted by molar-refractivity contribution is 0.609. The molecule has 1 unspecified atom stereocenters. The van der Waals surface area contributed by atoms with Crippen LogP contribution in [-0.2, 0) is 6.54 Å². The summed E-state index contributed by atoms with van der Waals surface area (Å²) in [6.45, 7) is 6.59. The van der Waals surface area contributed by atoms with Crippen molar-refractivity contribution in [3.63, 3.8) is 0 Å². The molecule has 6 nitrogen and oxygen atoms in total. The van der Waals surface area contributed by atoms with Gasteiger partial charge in [-0.3, -0.25) is 4.99 Å². The minimum Gasteiger partial charge on any atom is -0.357 e. The lowest BCUT2D eigenvalue weighted by Crippen LogP contribution is -2.38. The van der Waals surface area contributed by atoms with Crippen LogP contribution in [0, 0.1) is 0 Å². The highest BCUT2D eigenvalue weighted by molar-refractivity contribution is 6.42. The Morgan fingerprint density at radius 3 is 2.64 bits per heavy atom. The van der Waals surface area contributed by atoms with E-state index in [0.717, 1.165) is 44.0 Å². The summed E-state index contributed by atoms with van der Waals surface area (Å²) in [4.78, 5) is 4.63. The van der Waals surface area contributed by atoms with E-state index in [9.17, 15) is 0 Å². The Morgan fingerprint density at radius 2 is 1.96 bits per heavy atom. The minimum absolute atomic E-state index is 0.0737. The summed E-state index contributed by atoms with van der Waals surface area (Å²) >= 11 is 12.1. The van der Waals surface area contributed by atoms with Gasteiger partial charge in [0.15, 0.2) is 5.96 Å². The second kappa shape index (κ2) is 10.3. The van der Waals surface area contributed by atoms with Crippen molar-refractivity contribution in [3.05, 3.63) is 46.5 Å². The van der Waals surface area contributed by atoms with Crippen molar-refractivity contribution in [2.75, 3.05) is 13.1 Å². The molecule has 0 aliphatic heterocycles. The molecule has 136 valence electrons. The van der Waals surface area contributed by atoms with E-state index < -0.39 is 0 Å². The van der Waals surface area contributed by atoms with E-state index >= 15 is 0 Å². The van der Waals surface area contributed by atoms with Gasteiger partial charge in [0.1, 0.15) is 12.7 Å². The summed E-state index contributed by atoms with van der Waals surface area (Å²) < 4.78 is 1.97. The van der Waals surface area contributed by atoms with Gasteiger partial charge in [-0.1, -0.05) is 29.3 Å². The summed E-state index contributed by atoms with van der Waals surface area (Å²) in [6, 6.07) is 5.73. The maximum atomic E-state index is 6.10. The number of rotatable bonds is 8. The number of halogens is 2. The molecule has 0 saturated carbocycles. The average molecular weight is 383 g/mol. The zero-order valence-corrected chi connectivity index (χ0v) is 16.1. The van der Waals surface area contributed by atoms with Gasteiger partial charge in [-0.2, -0.15) is 0 Å². The molecule has 8 heteroatoms. The highest BCUT2D eigenvalue weighted by atomic mass is 35.5. The zero-order chi connectivity index (χ0) is 18.1. The first-order chi connectivity index (χ1) is 12.1. The number of benzene rings is 1. The number of nitrogens with one attached hydrogen (secondary N) is 2. The molecule has 2 rings (SSSR count). The van der Waals surface area contributed by atoms with E-state index in [1.165, 1.54) is 0 Å². The standard InChI is InChI=1S/C17H24Cl2N6/c1-3-20-17(21-8-4-5-9-25-11-22-23-12-25)24-13(2)14-6-7-15(18)16(19)10-14/h6-7,10-13H,3-5,8-9H2,1-2H3,(H2,20,21,24). The molecule has 1 aromatic carbocycles. The van der Waals surface area contributed by atoms with Crippen LogP contribution in [0.25, 0.3) is 0 Å². The van der Waals surface area contributed by atoms with Crippen LogP contribution < -0.4 is 10.6 Å². The van der Waals surface area contributed by atoms with Crippen LogP contribution in [0.2, 0.25) is 10.0 Å². The second-order valence-electron chi connectivity index (χ2n) is 5.71. The third kappa shape index (κ3) is 6.55. The largest absolute Gasteiger partial charge is 0.357 e. The molecule has 0 aliphatic rings. The summed E-state index contributed by atoms with van der Waals surface area (Å²) in [5, 5.41) is 15.4. The maximum absolute atomic E-state index is 6.10. The number of aromatic nitrogens is 3. The monoisotopic (exact) mass is 382 g/mol. The number of unbranched alkanes of at least 4 members (excludes halogenated alkanes) is 1. The normalized spacial score (nSPS) is 12.9. The van der Waals surface area contributed by atoms with E-state index in [2.05, 4.69) is 32.7 Å². The molecular formula is C17H24Cl2N6. The molecule has 25 heavy (non-hydrogen) atoms. The number of guanidine groups is 1. The topological polar surface area (TPSA) is 67.1 Å². The van der Waals surface area contributed by atoms with Gasteiger partial charge >= 0.3 is 0 Å². The van der Waals surface area contributed by atoms with Gasteiger partial charge in [-0.25, -0.2) is 0 Å². The van der Waals surface area contributed by atoms with Crippen LogP contribution in [-0.4, -0.2) is 33.8 Å². The quantitative estimate of drug-likeness (QED) is 0.415. The fraction of sp³-hybridized carbons (Fsp3) is 0.471. The molecule has 1 heterocycles. The predicted octanol–water partition coefficient (Wildman–Crippen LogP) is 3.68. The second-order valence-corrected chi connectivity index (χ2v) is 6.52. The number of nitrogens with zero attached hydrogens (tertiary/aromatic N) is 4. The average Bonchev–Trinajstić information content (AvgIpc) is 3.10. The predicted molar refractivity (Wildman–Crippen MR) is 103 cm³/mol. The van der Waals surface area contributed by atoms with Gasteiger partial charge in [-0.15, -0.1) is 10.2 Å². The zero-order valence-electron chi connectivity index (χ0n) is 14.5. The van der Waals surface area contributed by atoms with E-state index in [1.54, 1.807) is 12.7 Å². The van der Waals surface area contributed by atoms with Crippen molar-refractivity contribution in [3.8, 4) is 0 Å². The van der Waals surface area contributed by atoms with Crippen molar-refractivity contribution in [1.82, 2.24) is 25.4 Å². The van der Waals surface area contributed by atoms with Crippen molar-refractivity contribution in [1.29, 1.82) is 0 Å². The van der Waals surface area contributed by atoms with Crippen LogP contribution in [0.1, 0.15) is 38.3 Å². The number of hydrogen-bond acceptors (Lipinski definition) is 3. The van der Waals surface area contributed by atoms with E-state index in [4.69, 9.17) is 23.2 Å². The van der Waals surface area contributed by atoms with Crippen molar-refractivity contribution in [2.45, 2.75) is 39.3 Å². The SMILES string of the molecule is CCNC(=NCCCCn1cnnc1)NC(C)c1ccc(Cl)c(Cl)c1. The molecule has 1 atom stereocenters. The molecule has 0 amide bonds. The van der Waals surface area contributed by atoms with Crippen molar-refractivity contribution < 1.29 is 0 Å². The Balaban J connectivity index is 1.84. The summed E-state index contributed by atoms with van der Waals surface area (Å²) in [5.41, 5.74) is 1.06. The molecule has 0 radical (unpaired) electrons. The first kappa shape index (κ1) is 19.5. The van der Waals surface area contributed by atoms with Crippen LogP contribution in [0.5, 0.6) is 0 Å². The van der Waals surface area contributed by atoms with E-state index in [-0.39, 0.29) is 6.04 Å². The lowest BCUT2D eigenvalue weighted by atomic mass is 10.1. The molecule has 1 aromatic heterocycles. The summed E-state index contributed by atoms with van der Waals surface area (Å²) in [6.07, 6.45) is 5.49.